The summed E-state index contributed by atoms with van der Waals surface area (Å²) >= 11 is 5.23. The predicted octanol–water partition coefficient (Wildman–Crippen LogP) is 5.88. The van der Waals surface area contributed by atoms with E-state index in [-0.39, 0.29) is 11.8 Å². The summed E-state index contributed by atoms with van der Waals surface area (Å²) in [5.74, 6) is 0.0995. The summed E-state index contributed by atoms with van der Waals surface area (Å²) in [5, 5.41) is 4.97. The lowest BCUT2D eigenvalue weighted by molar-refractivity contribution is 0.0946. The van der Waals surface area contributed by atoms with Crippen molar-refractivity contribution < 1.29 is 4.79 Å². The van der Waals surface area contributed by atoms with Crippen LogP contribution < -0.4 is 5.32 Å². The van der Waals surface area contributed by atoms with Crippen molar-refractivity contribution in [2.24, 2.45) is 0 Å². The molecule has 1 amide bonds. The molecule has 1 N–H and O–H groups in total. The molecule has 0 aliphatic heterocycles. The van der Waals surface area contributed by atoms with Crippen molar-refractivity contribution in [1.82, 2.24) is 14.7 Å². The molecule has 142 valence electrons. The number of rotatable bonds is 5. The number of carbonyl (C=O) groups is 1. The van der Waals surface area contributed by atoms with Gasteiger partial charge in [0.25, 0.3) is 5.91 Å². The Morgan fingerprint density at radius 1 is 1.18 bits per heavy atom. The second-order valence-corrected chi connectivity index (χ2v) is 8.70. The van der Waals surface area contributed by atoms with Crippen LogP contribution in [0.1, 0.15) is 40.7 Å². The van der Waals surface area contributed by atoms with Crippen LogP contribution in [0.2, 0.25) is 0 Å². The molecule has 4 nitrogen and oxygen atoms in total. The normalized spacial score (nSPS) is 11.3. The Morgan fingerprint density at radius 2 is 1.96 bits per heavy atom. The first-order valence-electron chi connectivity index (χ1n) is 9.12. The number of aromatic nitrogens is 2. The second kappa shape index (κ2) is 7.89. The molecule has 0 bridgehead atoms. The van der Waals surface area contributed by atoms with Crippen molar-refractivity contribution in [3.05, 3.63) is 80.8 Å². The number of carbonyl (C=O) groups excluding carboxylic acids is 1. The molecule has 1 aromatic carbocycles. The maximum absolute atomic E-state index is 12.8. The minimum atomic E-state index is -0.181. The van der Waals surface area contributed by atoms with E-state index in [0.29, 0.717) is 16.8 Å². The molecule has 0 saturated heterocycles. The lowest BCUT2D eigenvalue weighted by atomic mass is 10.00. The van der Waals surface area contributed by atoms with Gasteiger partial charge < -0.3 is 5.32 Å². The smallest absolute Gasteiger partial charge is 0.273 e. The molecule has 4 aromatic rings. The van der Waals surface area contributed by atoms with E-state index in [4.69, 9.17) is 0 Å². The van der Waals surface area contributed by atoms with Gasteiger partial charge >= 0.3 is 0 Å². The van der Waals surface area contributed by atoms with Crippen molar-refractivity contribution in [3.8, 4) is 11.1 Å². The highest BCUT2D eigenvalue weighted by Gasteiger charge is 2.21. The molecule has 0 saturated carbocycles. The number of nitrogens with one attached hydrogen (secondary N) is 1. The summed E-state index contributed by atoms with van der Waals surface area (Å²) in [5.41, 5.74) is 4.56. The van der Waals surface area contributed by atoms with Crippen molar-refractivity contribution in [2.45, 2.75) is 26.3 Å². The highest BCUT2D eigenvalue weighted by Crippen LogP contribution is 2.31. The number of nitrogens with zero attached hydrogens (tertiary/aromatic N) is 2. The third kappa shape index (κ3) is 3.62. The number of fused-ring (bicyclic) bond motifs is 1. The molecule has 6 heteroatoms. The highest BCUT2D eigenvalue weighted by atomic mass is 79.9. The molecule has 28 heavy (non-hydrogen) atoms. The van der Waals surface area contributed by atoms with Crippen molar-refractivity contribution >= 4 is 38.8 Å². The molecule has 0 spiro atoms. The zero-order chi connectivity index (χ0) is 19.7. The van der Waals surface area contributed by atoms with Gasteiger partial charge in [-0.25, -0.2) is 4.98 Å². The number of imidazole rings is 1. The summed E-state index contributed by atoms with van der Waals surface area (Å²) in [6.07, 6.45) is 2.03. The van der Waals surface area contributed by atoms with E-state index in [2.05, 4.69) is 58.3 Å². The summed E-state index contributed by atoms with van der Waals surface area (Å²) in [6.45, 7) is 4.79. The fourth-order valence-electron chi connectivity index (χ4n) is 3.16. The summed E-state index contributed by atoms with van der Waals surface area (Å²) in [4.78, 5) is 18.5. The maximum Gasteiger partial charge on any atom is 0.273 e. The van der Waals surface area contributed by atoms with Crippen LogP contribution in [-0.2, 0) is 6.54 Å². The number of halogens is 1. The number of pyridine rings is 1. The largest absolute Gasteiger partial charge is 0.346 e. The van der Waals surface area contributed by atoms with Crippen LogP contribution in [0, 0.1) is 0 Å². The molecule has 0 aliphatic rings. The van der Waals surface area contributed by atoms with Crippen LogP contribution in [0.5, 0.6) is 0 Å². The van der Waals surface area contributed by atoms with Gasteiger partial charge in [0.1, 0.15) is 10.3 Å². The van der Waals surface area contributed by atoms with Gasteiger partial charge in [-0.15, -0.1) is 11.3 Å². The van der Waals surface area contributed by atoms with Gasteiger partial charge in [-0.1, -0.05) is 50.2 Å². The molecule has 0 atom stereocenters. The molecule has 3 heterocycles. The monoisotopic (exact) mass is 453 g/mol. The Morgan fingerprint density at radius 3 is 2.64 bits per heavy atom. The zero-order valence-electron chi connectivity index (χ0n) is 15.6. The van der Waals surface area contributed by atoms with Gasteiger partial charge in [0.2, 0.25) is 0 Å². The van der Waals surface area contributed by atoms with Crippen molar-refractivity contribution in [3.63, 3.8) is 0 Å². The lowest BCUT2D eigenvalue weighted by Gasteiger charge is -2.11. The van der Waals surface area contributed by atoms with Crippen LogP contribution in [0.4, 0.5) is 0 Å². The Labute approximate surface area is 176 Å². The Hall–Kier alpha value is -2.44. The summed E-state index contributed by atoms with van der Waals surface area (Å²) < 4.78 is 2.64. The van der Waals surface area contributed by atoms with Gasteiger partial charge in [-0.05, 0) is 56.1 Å². The van der Waals surface area contributed by atoms with E-state index >= 15 is 0 Å². The minimum absolute atomic E-state index is 0.181. The Kier molecular flexibility index (Phi) is 5.33. The first kappa shape index (κ1) is 18.9. The maximum atomic E-state index is 12.8. The van der Waals surface area contributed by atoms with Crippen LogP contribution in [0.25, 0.3) is 16.8 Å². The van der Waals surface area contributed by atoms with Crippen LogP contribution in [-0.4, -0.2) is 15.3 Å². The molecular formula is C22H20BrN3OS. The van der Waals surface area contributed by atoms with E-state index in [1.807, 2.05) is 46.3 Å². The number of hydrogen-bond donors (Lipinski definition) is 1. The number of hydrogen-bond acceptors (Lipinski definition) is 3. The van der Waals surface area contributed by atoms with Gasteiger partial charge in [-0.2, -0.15) is 0 Å². The molecule has 0 aliphatic carbocycles. The fraction of sp³-hybridized carbons (Fsp3) is 0.182. The third-order valence-electron chi connectivity index (χ3n) is 4.64. The average Bonchev–Trinajstić information content (AvgIpc) is 3.34. The standard InChI is InChI=1S/C22H20BrN3OS/c1-14(2)18-11-16(15-7-4-3-5-8-15)13-26-20(23)19(25-21(18)26)22(27)24-12-17-9-6-10-28-17/h3-11,13-14H,12H2,1-2H3,(H,24,27). The third-order valence-corrected chi connectivity index (χ3v) is 6.27. The molecule has 3 aromatic heterocycles. The van der Waals surface area contributed by atoms with E-state index in [1.165, 1.54) is 0 Å². The van der Waals surface area contributed by atoms with Gasteiger partial charge in [0.05, 0.1) is 6.54 Å². The number of thiophene rings is 1. The highest BCUT2D eigenvalue weighted by molar-refractivity contribution is 9.10. The Bertz CT molecular complexity index is 1120. The molecule has 0 fully saturated rings. The fourth-order valence-corrected chi connectivity index (χ4v) is 4.35. The van der Waals surface area contributed by atoms with Crippen LogP contribution in [0.15, 0.2) is 64.7 Å². The van der Waals surface area contributed by atoms with Gasteiger partial charge in [0.15, 0.2) is 5.69 Å². The summed E-state index contributed by atoms with van der Waals surface area (Å²) in [7, 11) is 0. The van der Waals surface area contributed by atoms with Gasteiger partial charge in [-0.3, -0.25) is 9.20 Å². The van der Waals surface area contributed by atoms with E-state index in [0.717, 1.165) is 27.2 Å². The van der Waals surface area contributed by atoms with Gasteiger partial charge in [0, 0.05) is 11.1 Å². The van der Waals surface area contributed by atoms with E-state index in [9.17, 15) is 4.79 Å². The topological polar surface area (TPSA) is 46.4 Å². The SMILES string of the molecule is CC(C)c1cc(-c2ccccc2)cn2c(Br)c(C(=O)NCc3cccs3)nc12. The molecule has 0 radical (unpaired) electrons. The first-order chi connectivity index (χ1) is 13.5. The second-order valence-electron chi connectivity index (χ2n) is 6.91. The quantitative estimate of drug-likeness (QED) is 0.410. The molecular weight excluding hydrogens is 434 g/mol. The van der Waals surface area contributed by atoms with E-state index in [1.54, 1.807) is 11.3 Å². The minimum Gasteiger partial charge on any atom is -0.346 e. The van der Waals surface area contributed by atoms with Crippen LogP contribution in [0.3, 0.4) is 0 Å². The molecule has 0 unspecified atom stereocenters. The lowest BCUT2D eigenvalue weighted by Crippen LogP contribution is -2.23. The zero-order valence-corrected chi connectivity index (χ0v) is 18.0. The van der Waals surface area contributed by atoms with Crippen molar-refractivity contribution in [2.75, 3.05) is 0 Å². The van der Waals surface area contributed by atoms with E-state index < -0.39 is 0 Å². The summed E-state index contributed by atoms with van der Waals surface area (Å²) in [6, 6.07) is 16.4. The Balaban J connectivity index is 1.76. The number of amides is 1. The number of benzene rings is 1. The van der Waals surface area contributed by atoms with Crippen LogP contribution >= 0.6 is 27.3 Å². The average molecular weight is 454 g/mol. The predicted molar refractivity (Wildman–Crippen MR) is 118 cm³/mol. The molecule has 4 rings (SSSR count). The van der Waals surface area contributed by atoms with Crippen molar-refractivity contribution in [1.29, 1.82) is 0 Å². The first-order valence-corrected chi connectivity index (χ1v) is 10.8.